The van der Waals surface area contributed by atoms with Crippen LogP contribution in [0.15, 0.2) is 66.9 Å². The first-order valence-electron chi connectivity index (χ1n) is 8.87. The number of hydrogen-bond acceptors (Lipinski definition) is 4. The van der Waals surface area contributed by atoms with Gasteiger partial charge in [0.25, 0.3) is 5.91 Å². The predicted molar refractivity (Wildman–Crippen MR) is 105 cm³/mol. The maximum atomic E-state index is 13.0. The number of hydrogen-bond donors (Lipinski definition) is 2. The average Bonchev–Trinajstić information content (AvgIpc) is 3.18. The van der Waals surface area contributed by atoms with Gasteiger partial charge in [-0.2, -0.15) is 5.10 Å². The topological polar surface area (TPSA) is 87.5 Å². The summed E-state index contributed by atoms with van der Waals surface area (Å²) in [7, 11) is 1.70. The molecule has 1 atom stereocenters. The van der Waals surface area contributed by atoms with Gasteiger partial charge in [0.1, 0.15) is 5.75 Å². The van der Waals surface area contributed by atoms with Crippen molar-refractivity contribution >= 4 is 11.8 Å². The fourth-order valence-corrected chi connectivity index (χ4v) is 2.90. The van der Waals surface area contributed by atoms with Crippen LogP contribution in [0.2, 0.25) is 0 Å². The van der Waals surface area contributed by atoms with Gasteiger partial charge in [-0.3, -0.25) is 9.59 Å². The predicted octanol–water partition coefficient (Wildman–Crippen LogP) is 2.53. The fourth-order valence-electron chi connectivity index (χ4n) is 2.90. The van der Waals surface area contributed by atoms with Crippen LogP contribution in [-0.2, 0) is 4.79 Å². The highest BCUT2D eigenvalue weighted by Crippen LogP contribution is 2.21. The van der Waals surface area contributed by atoms with Crippen LogP contribution in [0.1, 0.15) is 29.0 Å². The number of phenolic OH excluding ortho intramolecular Hbond substituents is 1. The Labute approximate surface area is 163 Å². The molecule has 0 spiro atoms. The summed E-state index contributed by atoms with van der Waals surface area (Å²) in [6, 6.07) is 17.4. The normalized spacial score (nSPS) is 11.6. The maximum absolute atomic E-state index is 13.0. The molecular formula is C21H22N4O3. The van der Waals surface area contributed by atoms with E-state index in [4.69, 9.17) is 0 Å². The first kappa shape index (κ1) is 19.2. The van der Waals surface area contributed by atoms with Gasteiger partial charge in [-0.05, 0) is 35.9 Å². The van der Waals surface area contributed by atoms with E-state index in [1.165, 1.54) is 6.92 Å². The van der Waals surface area contributed by atoms with Crippen molar-refractivity contribution in [3.8, 4) is 11.4 Å². The zero-order chi connectivity index (χ0) is 20.1. The summed E-state index contributed by atoms with van der Waals surface area (Å²) in [5.74, 6) is -0.245. The Morgan fingerprint density at radius 3 is 2.43 bits per heavy atom. The van der Waals surface area contributed by atoms with E-state index in [-0.39, 0.29) is 23.6 Å². The number of amides is 2. The molecule has 7 nitrogen and oxygen atoms in total. The van der Waals surface area contributed by atoms with E-state index < -0.39 is 0 Å². The number of rotatable bonds is 6. The molecule has 2 amide bonds. The van der Waals surface area contributed by atoms with Gasteiger partial charge in [-0.1, -0.05) is 30.3 Å². The minimum atomic E-state index is -0.323. The van der Waals surface area contributed by atoms with Gasteiger partial charge in [-0.15, -0.1) is 0 Å². The molecule has 1 unspecified atom stereocenters. The SMILES string of the molecule is CC(=O)NCC(c1ccccc1)N(C)C(=O)c1ccn(-c2ccc(O)cc2)n1. The standard InChI is InChI=1S/C21H22N4O3/c1-15(26)22-14-20(16-6-4-3-5-7-16)24(2)21(28)19-12-13-25(23-19)17-8-10-18(27)11-9-17/h3-13,20,27H,14H2,1-2H3,(H,22,26). The number of phenols is 1. The third-order valence-corrected chi connectivity index (χ3v) is 4.44. The Morgan fingerprint density at radius 2 is 1.79 bits per heavy atom. The third kappa shape index (κ3) is 4.37. The lowest BCUT2D eigenvalue weighted by molar-refractivity contribution is -0.119. The lowest BCUT2D eigenvalue weighted by atomic mass is 10.1. The van der Waals surface area contributed by atoms with Gasteiger partial charge < -0.3 is 15.3 Å². The molecule has 0 aliphatic carbocycles. The molecule has 0 bridgehead atoms. The number of nitrogens with zero attached hydrogens (tertiary/aromatic N) is 3. The van der Waals surface area contributed by atoms with Crippen molar-refractivity contribution in [3.05, 3.63) is 78.1 Å². The van der Waals surface area contributed by atoms with E-state index in [0.717, 1.165) is 11.3 Å². The monoisotopic (exact) mass is 378 g/mol. The van der Waals surface area contributed by atoms with Gasteiger partial charge in [0, 0.05) is 26.7 Å². The molecule has 0 radical (unpaired) electrons. The molecule has 2 aromatic carbocycles. The van der Waals surface area contributed by atoms with Gasteiger partial charge in [0.05, 0.1) is 11.7 Å². The van der Waals surface area contributed by atoms with Crippen LogP contribution >= 0.6 is 0 Å². The fraction of sp³-hybridized carbons (Fsp3) is 0.190. The summed E-state index contributed by atoms with van der Waals surface area (Å²) in [4.78, 5) is 26.0. The van der Waals surface area contributed by atoms with Crippen molar-refractivity contribution in [1.82, 2.24) is 20.0 Å². The molecule has 28 heavy (non-hydrogen) atoms. The van der Waals surface area contributed by atoms with Crippen LogP contribution < -0.4 is 5.32 Å². The summed E-state index contributed by atoms with van der Waals surface area (Å²) < 4.78 is 1.58. The van der Waals surface area contributed by atoms with E-state index in [2.05, 4.69) is 10.4 Å². The number of likely N-dealkylation sites (N-methyl/N-ethyl adjacent to an activating group) is 1. The zero-order valence-corrected chi connectivity index (χ0v) is 15.7. The molecule has 0 saturated heterocycles. The van der Waals surface area contributed by atoms with Gasteiger partial charge in [-0.25, -0.2) is 4.68 Å². The van der Waals surface area contributed by atoms with Gasteiger partial charge in [0.2, 0.25) is 5.91 Å². The van der Waals surface area contributed by atoms with Crippen molar-refractivity contribution < 1.29 is 14.7 Å². The Hall–Kier alpha value is -3.61. The molecule has 2 N–H and O–H groups in total. The number of benzene rings is 2. The minimum Gasteiger partial charge on any atom is -0.508 e. The number of carbonyl (C=O) groups excluding carboxylic acids is 2. The first-order chi connectivity index (χ1) is 13.5. The second kappa shape index (κ2) is 8.39. The molecule has 0 fully saturated rings. The van der Waals surface area contributed by atoms with Crippen LogP contribution in [0.25, 0.3) is 5.69 Å². The Morgan fingerprint density at radius 1 is 1.11 bits per heavy atom. The smallest absolute Gasteiger partial charge is 0.274 e. The highest BCUT2D eigenvalue weighted by atomic mass is 16.3. The van der Waals surface area contributed by atoms with Crippen molar-refractivity contribution in [2.75, 3.05) is 13.6 Å². The second-order valence-corrected chi connectivity index (χ2v) is 6.44. The lowest BCUT2D eigenvalue weighted by Gasteiger charge is -2.28. The van der Waals surface area contributed by atoms with Crippen LogP contribution in [0, 0.1) is 0 Å². The molecule has 0 aliphatic heterocycles. The second-order valence-electron chi connectivity index (χ2n) is 6.44. The van der Waals surface area contributed by atoms with Crippen molar-refractivity contribution in [2.45, 2.75) is 13.0 Å². The summed E-state index contributed by atoms with van der Waals surface area (Å²) in [6.07, 6.45) is 1.69. The van der Waals surface area contributed by atoms with Crippen LogP contribution in [0.5, 0.6) is 5.75 Å². The third-order valence-electron chi connectivity index (χ3n) is 4.44. The summed E-state index contributed by atoms with van der Waals surface area (Å²) in [5.41, 5.74) is 1.95. The van der Waals surface area contributed by atoms with E-state index in [1.807, 2.05) is 30.3 Å². The van der Waals surface area contributed by atoms with Crippen molar-refractivity contribution in [3.63, 3.8) is 0 Å². The van der Waals surface area contributed by atoms with Crippen molar-refractivity contribution in [2.24, 2.45) is 0 Å². The zero-order valence-electron chi connectivity index (χ0n) is 15.7. The summed E-state index contributed by atoms with van der Waals surface area (Å²) in [5, 5.41) is 16.6. The minimum absolute atomic E-state index is 0.154. The van der Waals surface area contributed by atoms with E-state index in [0.29, 0.717) is 12.2 Å². The largest absolute Gasteiger partial charge is 0.508 e. The number of aromatic nitrogens is 2. The Balaban J connectivity index is 1.82. The molecule has 3 rings (SSSR count). The maximum Gasteiger partial charge on any atom is 0.274 e. The molecule has 3 aromatic rings. The van der Waals surface area contributed by atoms with Gasteiger partial charge in [0.15, 0.2) is 5.69 Å². The van der Waals surface area contributed by atoms with Crippen LogP contribution in [0.4, 0.5) is 0 Å². The number of aromatic hydroxyl groups is 1. The van der Waals surface area contributed by atoms with E-state index in [9.17, 15) is 14.7 Å². The quantitative estimate of drug-likeness (QED) is 0.690. The lowest BCUT2D eigenvalue weighted by Crippen LogP contribution is -2.38. The van der Waals surface area contributed by atoms with Crippen molar-refractivity contribution in [1.29, 1.82) is 0 Å². The molecule has 0 aliphatic rings. The molecule has 144 valence electrons. The highest BCUT2D eigenvalue weighted by molar-refractivity contribution is 5.92. The molecule has 7 heteroatoms. The number of nitrogens with one attached hydrogen (secondary N) is 1. The number of carbonyl (C=O) groups is 2. The van der Waals surface area contributed by atoms with Crippen LogP contribution in [-0.4, -0.2) is 45.2 Å². The van der Waals surface area contributed by atoms with E-state index in [1.54, 1.807) is 53.2 Å². The molecule has 0 saturated carbocycles. The summed E-state index contributed by atoms with van der Waals surface area (Å²) >= 11 is 0. The summed E-state index contributed by atoms with van der Waals surface area (Å²) in [6.45, 7) is 1.75. The van der Waals surface area contributed by atoms with Gasteiger partial charge >= 0.3 is 0 Å². The highest BCUT2D eigenvalue weighted by Gasteiger charge is 2.24. The molecule has 1 aromatic heterocycles. The Kier molecular flexibility index (Phi) is 5.74. The van der Waals surface area contributed by atoms with Crippen LogP contribution in [0.3, 0.4) is 0 Å². The van der Waals surface area contributed by atoms with E-state index >= 15 is 0 Å². The first-order valence-corrected chi connectivity index (χ1v) is 8.87. The molecular weight excluding hydrogens is 356 g/mol. The Bertz CT molecular complexity index is 951. The average molecular weight is 378 g/mol. The molecule has 1 heterocycles.